The van der Waals surface area contributed by atoms with Gasteiger partial charge in [0.15, 0.2) is 5.82 Å². The third-order valence-electron chi connectivity index (χ3n) is 8.89. The van der Waals surface area contributed by atoms with E-state index in [9.17, 15) is 13.2 Å². The predicted molar refractivity (Wildman–Crippen MR) is 179 cm³/mol. The Hall–Kier alpha value is -3.99. The third-order valence-corrected chi connectivity index (χ3v) is 10.3. The van der Waals surface area contributed by atoms with Gasteiger partial charge in [-0.05, 0) is 55.9 Å². The summed E-state index contributed by atoms with van der Waals surface area (Å²) >= 11 is 0. The second kappa shape index (κ2) is 13.8. The predicted octanol–water partition coefficient (Wildman–Crippen LogP) is 6.84. The molecular formula is C35H46N6O4S. The quantitative estimate of drug-likeness (QED) is 0.159. The fraction of sp³-hybridized carbons (Fsp3) is 0.486. The van der Waals surface area contributed by atoms with Gasteiger partial charge in [0.2, 0.25) is 11.8 Å². The van der Waals surface area contributed by atoms with E-state index < -0.39 is 15.4 Å². The van der Waals surface area contributed by atoms with Crippen molar-refractivity contribution in [3.63, 3.8) is 0 Å². The van der Waals surface area contributed by atoms with E-state index in [1.165, 1.54) is 0 Å². The van der Waals surface area contributed by atoms with Crippen molar-refractivity contribution in [3.05, 3.63) is 76.5 Å². The summed E-state index contributed by atoms with van der Waals surface area (Å²) in [5, 5.41) is 8.77. The highest BCUT2D eigenvalue weighted by atomic mass is 32.2. The van der Waals surface area contributed by atoms with Gasteiger partial charge in [0.1, 0.15) is 5.82 Å². The number of hydrogen-bond donors (Lipinski definition) is 1. The van der Waals surface area contributed by atoms with E-state index >= 15 is 0 Å². The molecule has 46 heavy (non-hydrogen) atoms. The summed E-state index contributed by atoms with van der Waals surface area (Å²) in [7, 11) is -4.04. The second-order valence-corrected chi connectivity index (χ2v) is 14.6. The molecule has 2 aromatic carbocycles. The minimum Gasteiger partial charge on any atom is -0.338 e. The van der Waals surface area contributed by atoms with Crippen molar-refractivity contribution in [2.24, 2.45) is 5.41 Å². The standard InChI is InChI=1S/C35H46N6O4S/c1-7-9-15-31-36-32(16-10-8-2)41(37-31)22-26-17-18-28(27(21-26)23-40-20-19-35(5,6)34(40)42)29-13-11-12-14-30(29)46(43,44)39-33-24(3)25(4)38-45-33/h11-14,17-18,21,39H,7-10,15-16,19-20,22-23H2,1-6H3. The van der Waals surface area contributed by atoms with E-state index in [1.807, 2.05) is 47.7 Å². The van der Waals surface area contributed by atoms with Crippen molar-refractivity contribution >= 4 is 21.8 Å². The lowest BCUT2D eigenvalue weighted by Crippen LogP contribution is -2.30. The van der Waals surface area contributed by atoms with E-state index in [4.69, 9.17) is 14.6 Å². The van der Waals surface area contributed by atoms with Crippen LogP contribution in [-0.4, -0.2) is 45.7 Å². The zero-order chi connectivity index (χ0) is 33.1. The summed E-state index contributed by atoms with van der Waals surface area (Å²) in [6, 6.07) is 13.0. The number of rotatable bonds is 14. The number of hydrogen-bond acceptors (Lipinski definition) is 7. The minimum absolute atomic E-state index is 0.0952. The van der Waals surface area contributed by atoms with Gasteiger partial charge in [0.25, 0.3) is 10.0 Å². The third kappa shape index (κ3) is 7.19. The van der Waals surface area contributed by atoms with Crippen LogP contribution in [0.1, 0.15) is 93.8 Å². The van der Waals surface area contributed by atoms with E-state index in [-0.39, 0.29) is 16.7 Å². The van der Waals surface area contributed by atoms with Crippen molar-refractivity contribution < 1.29 is 17.7 Å². The lowest BCUT2D eigenvalue weighted by molar-refractivity contribution is -0.135. The molecule has 1 aliphatic rings. The SMILES string of the molecule is CCCCc1nc(CCCC)n(Cc2ccc(-c3ccccc3S(=O)(=O)Nc3onc(C)c3C)c(CN3CCC(C)(C)C3=O)c2)n1. The average Bonchev–Trinajstić information content (AvgIpc) is 3.65. The molecule has 246 valence electrons. The number of nitrogens with zero attached hydrogens (tertiary/aromatic N) is 5. The molecule has 0 atom stereocenters. The van der Waals surface area contributed by atoms with Crippen LogP contribution in [0.2, 0.25) is 0 Å². The molecule has 11 heteroatoms. The number of likely N-dealkylation sites (tertiary alicyclic amines) is 1. The highest BCUT2D eigenvalue weighted by Crippen LogP contribution is 2.36. The molecule has 0 saturated carbocycles. The summed E-state index contributed by atoms with van der Waals surface area (Å²) < 4.78 is 37.4. The average molecular weight is 647 g/mol. The summed E-state index contributed by atoms with van der Waals surface area (Å²) in [6.45, 7) is 13.4. The van der Waals surface area contributed by atoms with Gasteiger partial charge >= 0.3 is 0 Å². The first-order valence-electron chi connectivity index (χ1n) is 16.3. The number of carbonyl (C=O) groups excluding carboxylic acids is 1. The Bertz CT molecular complexity index is 1810. The molecule has 0 spiro atoms. The van der Waals surface area contributed by atoms with Crippen LogP contribution in [0.4, 0.5) is 5.88 Å². The van der Waals surface area contributed by atoms with Crippen LogP contribution in [0.25, 0.3) is 11.1 Å². The Morgan fingerprint density at radius 1 is 0.978 bits per heavy atom. The first-order valence-corrected chi connectivity index (χ1v) is 17.8. The molecule has 10 nitrogen and oxygen atoms in total. The van der Waals surface area contributed by atoms with Crippen molar-refractivity contribution in [3.8, 4) is 11.1 Å². The minimum atomic E-state index is -4.04. The Morgan fingerprint density at radius 3 is 2.39 bits per heavy atom. The topological polar surface area (TPSA) is 123 Å². The molecule has 5 rings (SSSR count). The molecule has 0 radical (unpaired) electrons. The molecule has 1 amide bonds. The Labute approximate surface area is 272 Å². The Morgan fingerprint density at radius 2 is 1.72 bits per heavy atom. The van der Waals surface area contributed by atoms with Crippen LogP contribution in [0.3, 0.4) is 0 Å². The number of carbonyl (C=O) groups is 1. The van der Waals surface area contributed by atoms with E-state index in [0.29, 0.717) is 36.5 Å². The molecule has 2 aromatic heterocycles. The molecule has 0 bridgehead atoms. The highest BCUT2D eigenvalue weighted by molar-refractivity contribution is 7.92. The van der Waals surface area contributed by atoms with E-state index in [2.05, 4.69) is 29.8 Å². The van der Waals surface area contributed by atoms with Crippen LogP contribution in [0, 0.1) is 19.3 Å². The number of nitrogens with one attached hydrogen (secondary N) is 1. The lowest BCUT2D eigenvalue weighted by Gasteiger charge is -2.22. The number of aryl methyl sites for hydroxylation is 3. The van der Waals surface area contributed by atoms with Gasteiger partial charge in [-0.15, -0.1) is 0 Å². The lowest BCUT2D eigenvalue weighted by atomic mass is 9.92. The number of benzene rings is 2. The van der Waals surface area contributed by atoms with Crippen LogP contribution in [-0.2, 0) is 40.7 Å². The monoisotopic (exact) mass is 646 g/mol. The summed E-state index contributed by atoms with van der Waals surface area (Å²) in [5.41, 5.74) is 4.00. The number of anilines is 1. The highest BCUT2D eigenvalue weighted by Gasteiger charge is 2.38. The second-order valence-electron chi connectivity index (χ2n) is 13.0. The maximum atomic E-state index is 13.8. The van der Waals surface area contributed by atoms with E-state index in [1.54, 1.807) is 26.0 Å². The van der Waals surface area contributed by atoms with Gasteiger partial charge < -0.3 is 9.42 Å². The Kier molecular flexibility index (Phi) is 10.0. The molecule has 1 aliphatic heterocycles. The largest absolute Gasteiger partial charge is 0.338 e. The van der Waals surface area contributed by atoms with Crippen LogP contribution in [0.5, 0.6) is 0 Å². The van der Waals surface area contributed by atoms with Crippen molar-refractivity contribution in [2.75, 3.05) is 11.3 Å². The Balaban J connectivity index is 1.55. The number of sulfonamides is 1. The van der Waals surface area contributed by atoms with Gasteiger partial charge in [-0.2, -0.15) is 5.10 Å². The van der Waals surface area contributed by atoms with Gasteiger partial charge in [0.05, 0.1) is 17.1 Å². The molecule has 0 unspecified atom stereocenters. The van der Waals surface area contributed by atoms with Crippen molar-refractivity contribution in [1.29, 1.82) is 0 Å². The van der Waals surface area contributed by atoms with Gasteiger partial charge in [-0.25, -0.2) is 22.8 Å². The van der Waals surface area contributed by atoms with Crippen molar-refractivity contribution in [2.45, 2.75) is 104 Å². The van der Waals surface area contributed by atoms with E-state index in [0.717, 1.165) is 73.3 Å². The molecule has 1 fully saturated rings. The van der Waals surface area contributed by atoms with Gasteiger partial charge in [0, 0.05) is 42.5 Å². The van der Waals surface area contributed by atoms with Crippen molar-refractivity contribution in [1.82, 2.24) is 24.8 Å². The smallest absolute Gasteiger partial charge is 0.264 e. The molecule has 1 saturated heterocycles. The van der Waals surface area contributed by atoms with Gasteiger partial charge in [-0.1, -0.05) is 82.1 Å². The van der Waals surface area contributed by atoms with Gasteiger partial charge in [-0.3, -0.25) is 4.79 Å². The number of unbranched alkanes of at least 4 members (excludes halogenated alkanes) is 2. The molecular weight excluding hydrogens is 600 g/mol. The summed E-state index contributed by atoms with van der Waals surface area (Å²) in [5.74, 6) is 2.05. The first-order chi connectivity index (χ1) is 21.9. The first kappa shape index (κ1) is 33.4. The summed E-state index contributed by atoms with van der Waals surface area (Å²) in [4.78, 5) is 20.2. The summed E-state index contributed by atoms with van der Waals surface area (Å²) in [6.07, 6.45) is 6.72. The number of amides is 1. The molecule has 4 aromatic rings. The van der Waals surface area contributed by atoms with Crippen LogP contribution >= 0.6 is 0 Å². The molecule has 3 heterocycles. The fourth-order valence-corrected chi connectivity index (χ4v) is 7.11. The normalized spacial score (nSPS) is 14.7. The zero-order valence-electron chi connectivity index (χ0n) is 27.9. The molecule has 0 aliphatic carbocycles. The van der Waals surface area contributed by atoms with Crippen LogP contribution in [0.15, 0.2) is 51.9 Å². The maximum Gasteiger partial charge on any atom is 0.264 e. The zero-order valence-corrected chi connectivity index (χ0v) is 28.7. The number of aromatic nitrogens is 4. The molecule has 1 N–H and O–H groups in total. The maximum absolute atomic E-state index is 13.8. The fourth-order valence-electron chi connectivity index (χ4n) is 5.84. The van der Waals surface area contributed by atoms with Crippen LogP contribution < -0.4 is 4.72 Å².